The van der Waals surface area contributed by atoms with Crippen molar-refractivity contribution >= 4 is 11.8 Å². The van der Waals surface area contributed by atoms with E-state index in [0.29, 0.717) is 5.56 Å². The summed E-state index contributed by atoms with van der Waals surface area (Å²) in [7, 11) is 0. The monoisotopic (exact) mass is 333 g/mol. The van der Waals surface area contributed by atoms with Crippen LogP contribution in [0.1, 0.15) is 28.6 Å². The van der Waals surface area contributed by atoms with Gasteiger partial charge in [0.1, 0.15) is 0 Å². The summed E-state index contributed by atoms with van der Waals surface area (Å²) in [4.78, 5) is 4.94. The van der Waals surface area contributed by atoms with E-state index in [1.165, 1.54) is 16.7 Å². The van der Waals surface area contributed by atoms with E-state index in [-0.39, 0.29) is 6.17 Å². The molecule has 3 aromatic rings. The van der Waals surface area contributed by atoms with Gasteiger partial charge in [0.05, 0.1) is 23.0 Å². The van der Waals surface area contributed by atoms with Crippen molar-refractivity contribution in [1.82, 2.24) is 4.57 Å². The van der Waals surface area contributed by atoms with Crippen LogP contribution in [-0.4, -0.2) is 10.3 Å². The molecule has 1 unspecified atom stereocenters. The van der Waals surface area contributed by atoms with Crippen LogP contribution in [0.25, 0.3) is 17.2 Å². The largest absolute Gasteiger partial charge is 0.318 e. The minimum absolute atomic E-state index is 0.0971. The van der Waals surface area contributed by atoms with Gasteiger partial charge in [0.15, 0.2) is 6.17 Å². The van der Waals surface area contributed by atoms with Crippen LogP contribution >= 0.6 is 0 Å². The first-order valence-electron chi connectivity index (χ1n) is 8.58. The molecule has 2 heterocycles. The Hall–Kier alpha value is -3.64. The van der Waals surface area contributed by atoms with Crippen LogP contribution in [0.4, 0.5) is 0 Å². The van der Waals surface area contributed by atoms with E-state index in [2.05, 4.69) is 59.3 Å². The second-order valence-electron chi connectivity index (χ2n) is 6.42. The third-order valence-electron chi connectivity index (χ3n) is 4.89. The van der Waals surface area contributed by atoms with E-state index in [9.17, 15) is 0 Å². The number of hydrogen-bond acceptors (Lipinski definition) is 2. The van der Waals surface area contributed by atoms with Gasteiger partial charge in [-0.3, -0.25) is 4.99 Å². The molecule has 2 aromatic carbocycles. The number of aliphatic imine (C=N–C) groups is 1. The van der Waals surface area contributed by atoms with Crippen LogP contribution in [0.3, 0.4) is 0 Å². The average Bonchev–Trinajstić information content (AvgIpc) is 3.16. The second kappa shape index (κ2) is 5.72. The van der Waals surface area contributed by atoms with Crippen molar-refractivity contribution in [2.75, 3.05) is 0 Å². The molecule has 0 bridgehead atoms. The summed E-state index contributed by atoms with van der Waals surface area (Å²) in [5, 5.41) is 9.04. The van der Waals surface area contributed by atoms with E-state index in [0.717, 1.165) is 17.0 Å². The van der Waals surface area contributed by atoms with Crippen molar-refractivity contribution in [3.63, 3.8) is 0 Å². The lowest BCUT2D eigenvalue weighted by Crippen LogP contribution is -2.04. The molecule has 26 heavy (non-hydrogen) atoms. The summed E-state index contributed by atoms with van der Waals surface area (Å²) >= 11 is 0. The topological polar surface area (TPSA) is 41.1 Å². The fourth-order valence-electron chi connectivity index (χ4n) is 3.66. The van der Waals surface area contributed by atoms with Gasteiger partial charge in [0, 0.05) is 17.3 Å². The molecule has 1 aromatic heterocycles. The zero-order valence-corrected chi connectivity index (χ0v) is 14.0. The molecule has 0 amide bonds. The van der Waals surface area contributed by atoms with Gasteiger partial charge >= 0.3 is 0 Å². The highest BCUT2D eigenvalue weighted by Gasteiger charge is 2.29. The van der Waals surface area contributed by atoms with Crippen molar-refractivity contribution in [3.05, 3.63) is 101 Å². The first-order valence-corrected chi connectivity index (χ1v) is 8.58. The lowest BCUT2D eigenvalue weighted by molar-refractivity contribution is 0.639. The fourth-order valence-corrected chi connectivity index (χ4v) is 3.66. The second-order valence-corrected chi connectivity index (χ2v) is 6.42. The van der Waals surface area contributed by atoms with Crippen LogP contribution in [0, 0.1) is 11.3 Å². The molecular formula is C23H15N3. The molecule has 0 spiro atoms. The Morgan fingerprint density at radius 2 is 1.69 bits per heavy atom. The van der Waals surface area contributed by atoms with E-state index >= 15 is 0 Å². The lowest BCUT2D eigenvalue weighted by Gasteiger charge is -2.11. The molecular weight excluding hydrogens is 318 g/mol. The minimum atomic E-state index is -0.0971. The Balaban J connectivity index is 1.70. The Bertz CT molecular complexity index is 1120. The van der Waals surface area contributed by atoms with Crippen LogP contribution < -0.4 is 0 Å². The number of hydrogen-bond donors (Lipinski definition) is 0. The number of benzene rings is 2. The van der Waals surface area contributed by atoms with Gasteiger partial charge in [-0.25, -0.2) is 0 Å². The summed E-state index contributed by atoms with van der Waals surface area (Å²) in [6.07, 6.45) is 10.4. The molecule has 0 saturated carbocycles. The first kappa shape index (κ1) is 14.7. The third-order valence-corrected chi connectivity index (χ3v) is 4.89. The van der Waals surface area contributed by atoms with Gasteiger partial charge in [-0.2, -0.15) is 5.26 Å². The normalized spacial score (nSPS) is 16.7. The molecule has 0 saturated heterocycles. The fraction of sp³-hybridized carbons (Fsp3) is 0.0435. The third kappa shape index (κ3) is 2.17. The molecule has 1 aliphatic heterocycles. The van der Waals surface area contributed by atoms with Crippen LogP contribution in [0.5, 0.6) is 0 Å². The Kier molecular flexibility index (Phi) is 3.23. The zero-order valence-electron chi connectivity index (χ0n) is 14.0. The Morgan fingerprint density at radius 1 is 0.923 bits per heavy atom. The number of nitrogens with zero attached hydrogens (tertiary/aromatic N) is 3. The smallest absolute Gasteiger partial charge is 0.151 e. The molecule has 0 fully saturated rings. The zero-order chi connectivity index (χ0) is 17.5. The summed E-state index contributed by atoms with van der Waals surface area (Å²) in [6, 6.07) is 20.3. The van der Waals surface area contributed by atoms with E-state index in [4.69, 9.17) is 10.3 Å². The van der Waals surface area contributed by atoms with Crippen molar-refractivity contribution in [1.29, 1.82) is 5.26 Å². The Labute approximate surface area is 151 Å². The molecule has 5 rings (SSSR count). The minimum Gasteiger partial charge on any atom is -0.318 e. The highest BCUT2D eigenvalue weighted by Crippen LogP contribution is 2.39. The molecule has 1 atom stereocenters. The van der Waals surface area contributed by atoms with Crippen molar-refractivity contribution in [2.45, 2.75) is 6.17 Å². The summed E-state index contributed by atoms with van der Waals surface area (Å²) in [6.45, 7) is 0. The SMILES string of the molecule is N#Cc1ccc(C2N=C3C=CC=Cc4c(-c5ccccc5)cn2c43)cc1. The lowest BCUT2D eigenvalue weighted by atomic mass is 10.0. The van der Waals surface area contributed by atoms with Crippen LogP contribution in [-0.2, 0) is 0 Å². The van der Waals surface area contributed by atoms with Gasteiger partial charge in [-0.15, -0.1) is 0 Å². The van der Waals surface area contributed by atoms with Gasteiger partial charge in [-0.1, -0.05) is 60.7 Å². The summed E-state index contributed by atoms with van der Waals surface area (Å²) in [5.41, 5.74) is 7.53. The maximum absolute atomic E-state index is 9.04. The summed E-state index contributed by atoms with van der Waals surface area (Å²) in [5.74, 6) is 0. The molecule has 0 N–H and O–H groups in total. The number of allylic oxidation sites excluding steroid dienone is 3. The molecule has 3 nitrogen and oxygen atoms in total. The van der Waals surface area contributed by atoms with E-state index in [1.54, 1.807) is 0 Å². The van der Waals surface area contributed by atoms with E-state index in [1.807, 2.05) is 36.4 Å². The molecule has 0 radical (unpaired) electrons. The highest BCUT2D eigenvalue weighted by atomic mass is 15.2. The maximum atomic E-state index is 9.04. The number of rotatable bonds is 2. The summed E-state index contributed by atoms with van der Waals surface area (Å²) < 4.78 is 2.24. The molecule has 1 aliphatic carbocycles. The number of aromatic nitrogens is 1. The van der Waals surface area contributed by atoms with Crippen molar-refractivity contribution in [2.24, 2.45) is 4.99 Å². The highest BCUT2D eigenvalue weighted by molar-refractivity contribution is 6.13. The quantitative estimate of drug-likeness (QED) is 0.653. The van der Waals surface area contributed by atoms with Gasteiger partial charge < -0.3 is 4.57 Å². The molecule has 3 heteroatoms. The first-order chi connectivity index (χ1) is 12.8. The molecule has 122 valence electrons. The standard InChI is InChI=1S/C23H15N3/c24-14-16-10-12-18(13-11-16)23-25-21-9-5-4-8-19-20(15-26(23)22(19)21)17-6-2-1-3-7-17/h1-13,15,23H. The van der Waals surface area contributed by atoms with Crippen molar-refractivity contribution in [3.8, 4) is 17.2 Å². The van der Waals surface area contributed by atoms with Crippen molar-refractivity contribution < 1.29 is 0 Å². The Morgan fingerprint density at radius 3 is 2.46 bits per heavy atom. The predicted molar refractivity (Wildman–Crippen MR) is 104 cm³/mol. The van der Waals surface area contributed by atoms with E-state index < -0.39 is 0 Å². The maximum Gasteiger partial charge on any atom is 0.151 e. The predicted octanol–water partition coefficient (Wildman–Crippen LogP) is 4.96. The molecule has 2 aliphatic rings. The van der Waals surface area contributed by atoms with Gasteiger partial charge in [0.25, 0.3) is 0 Å². The van der Waals surface area contributed by atoms with Crippen LogP contribution in [0.2, 0.25) is 0 Å². The number of nitriles is 1. The average molecular weight is 333 g/mol. The van der Waals surface area contributed by atoms with Gasteiger partial charge in [-0.05, 0) is 29.3 Å². The van der Waals surface area contributed by atoms with Crippen LogP contribution in [0.15, 0.2) is 84.0 Å². The van der Waals surface area contributed by atoms with Gasteiger partial charge in [0.2, 0.25) is 0 Å².